The van der Waals surface area contributed by atoms with Crippen molar-refractivity contribution < 1.29 is 4.39 Å². The summed E-state index contributed by atoms with van der Waals surface area (Å²) >= 11 is 0. The monoisotopic (exact) mass is 178 g/mol. The van der Waals surface area contributed by atoms with Crippen LogP contribution in [0.25, 0.3) is 0 Å². The molecule has 0 amide bonds. The van der Waals surface area contributed by atoms with E-state index in [9.17, 15) is 4.39 Å². The van der Waals surface area contributed by atoms with E-state index >= 15 is 0 Å². The number of aryl methyl sites for hydroxylation is 1. The molecule has 0 N–H and O–H groups in total. The molecule has 1 aromatic rings. The first-order valence-electron chi connectivity index (χ1n) is 4.57. The molecule has 0 bridgehead atoms. The number of rotatable bonds is 4. The number of allylic oxidation sites excluding steroid dienone is 1. The lowest BCUT2D eigenvalue weighted by atomic mass is 10.1. The lowest BCUT2D eigenvalue weighted by molar-refractivity contribution is 0.624. The van der Waals surface area contributed by atoms with Crippen LogP contribution in [-0.4, -0.2) is 0 Å². The van der Waals surface area contributed by atoms with Gasteiger partial charge in [-0.3, -0.25) is 0 Å². The molecule has 0 aliphatic rings. The molecule has 13 heavy (non-hydrogen) atoms. The van der Waals surface area contributed by atoms with Crippen molar-refractivity contribution in [3.8, 4) is 0 Å². The first-order chi connectivity index (χ1) is 6.18. The fourth-order valence-corrected chi connectivity index (χ4v) is 1.29. The van der Waals surface area contributed by atoms with E-state index in [4.69, 9.17) is 0 Å². The molecule has 0 radical (unpaired) electrons. The van der Waals surface area contributed by atoms with E-state index in [1.165, 1.54) is 11.6 Å². The van der Waals surface area contributed by atoms with Crippen molar-refractivity contribution >= 4 is 0 Å². The molecule has 0 saturated heterocycles. The van der Waals surface area contributed by atoms with E-state index in [0.717, 1.165) is 24.8 Å². The maximum Gasteiger partial charge on any atom is 0.123 e. The van der Waals surface area contributed by atoms with Gasteiger partial charge in [-0.15, -0.1) is 6.58 Å². The molecule has 0 spiro atoms. The van der Waals surface area contributed by atoms with Gasteiger partial charge in [-0.05, 0) is 43.9 Å². The standard InChI is InChI=1S/C12H15F/c1-10(2)5-3-6-11-7-4-8-12(13)9-11/h4,7-9H,1,3,5-6H2,2H3. The van der Waals surface area contributed by atoms with Crippen molar-refractivity contribution in [3.63, 3.8) is 0 Å². The molecule has 1 heteroatoms. The molecule has 0 aliphatic heterocycles. The molecule has 0 aliphatic carbocycles. The van der Waals surface area contributed by atoms with E-state index in [2.05, 4.69) is 6.58 Å². The zero-order valence-corrected chi connectivity index (χ0v) is 8.02. The van der Waals surface area contributed by atoms with E-state index in [-0.39, 0.29) is 5.82 Å². The van der Waals surface area contributed by atoms with Gasteiger partial charge in [-0.1, -0.05) is 17.7 Å². The number of hydrogen-bond donors (Lipinski definition) is 0. The largest absolute Gasteiger partial charge is 0.207 e. The van der Waals surface area contributed by atoms with Gasteiger partial charge in [0.15, 0.2) is 0 Å². The molecular weight excluding hydrogens is 163 g/mol. The molecule has 0 heterocycles. The molecule has 70 valence electrons. The highest BCUT2D eigenvalue weighted by atomic mass is 19.1. The highest BCUT2D eigenvalue weighted by molar-refractivity contribution is 5.16. The maximum absolute atomic E-state index is 12.7. The fraction of sp³-hybridized carbons (Fsp3) is 0.333. The summed E-state index contributed by atoms with van der Waals surface area (Å²) in [5.74, 6) is -0.146. The second-order valence-electron chi connectivity index (χ2n) is 3.44. The minimum atomic E-state index is -0.146. The van der Waals surface area contributed by atoms with Gasteiger partial charge < -0.3 is 0 Å². The zero-order valence-electron chi connectivity index (χ0n) is 8.02. The third-order valence-electron chi connectivity index (χ3n) is 1.96. The molecule has 0 atom stereocenters. The predicted octanol–water partition coefficient (Wildman–Crippen LogP) is 3.72. The van der Waals surface area contributed by atoms with Crippen molar-refractivity contribution in [3.05, 3.63) is 47.8 Å². The van der Waals surface area contributed by atoms with Crippen molar-refractivity contribution in [2.24, 2.45) is 0 Å². The summed E-state index contributed by atoms with van der Waals surface area (Å²) in [7, 11) is 0. The topological polar surface area (TPSA) is 0 Å². The van der Waals surface area contributed by atoms with Crippen LogP contribution in [-0.2, 0) is 6.42 Å². The van der Waals surface area contributed by atoms with Gasteiger partial charge in [0, 0.05) is 0 Å². The molecule has 0 nitrogen and oxygen atoms in total. The van der Waals surface area contributed by atoms with Crippen LogP contribution in [0.1, 0.15) is 25.3 Å². The van der Waals surface area contributed by atoms with Gasteiger partial charge in [0.1, 0.15) is 5.82 Å². The minimum Gasteiger partial charge on any atom is -0.207 e. The summed E-state index contributed by atoms with van der Waals surface area (Å²) in [6.07, 6.45) is 3.01. The molecule has 0 fully saturated rings. The van der Waals surface area contributed by atoms with E-state index in [1.54, 1.807) is 12.1 Å². The number of halogens is 1. The fourth-order valence-electron chi connectivity index (χ4n) is 1.29. The Hall–Kier alpha value is -1.11. The van der Waals surface area contributed by atoms with Crippen LogP contribution in [0.3, 0.4) is 0 Å². The summed E-state index contributed by atoms with van der Waals surface area (Å²) < 4.78 is 12.7. The van der Waals surface area contributed by atoms with Gasteiger partial charge in [-0.25, -0.2) is 4.39 Å². The lowest BCUT2D eigenvalue weighted by Gasteiger charge is -2.01. The van der Waals surface area contributed by atoms with Crippen molar-refractivity contribution in [1.29, 1.82) is 0 Å². The molecular formula is C12H15F. The molecule has 1 aromatic carbocycles. The highest BCUT2D eigenvalue weighted by Crippen LogP contribution is 2.09. The van der Waals surface area contributed by atoms with Crippen molar-refractivity contribution in [2.75, 3.05) is 0 Å². The Bertz CT molecular complexity index is 289. The average molecular weight is 178 g/mol. The van der Waals surface area contributed by atoms with Gasteiger partial charge in [-0.2, -0.15) is 0 Å². The Kier molecular flexibility index (Phi) is 3.69. The first-order valence-corrected chi connectivity index (χ1v) is 4.57. The van der Waals surface area contributed by atoms with Crippen LogP contribution in [0.15, 0.2) is 36.4 Å². The zero-order chi connectivity index (χ0) is 9.68. The Labute approximate surface area is 79.1 Å². The van der Waals surface area contributed by atoms with Gasteiger partial charge >= 0.3 is 0 Å². The Morgan fingerprint density at radius 2 is 2.23 bits per heavy atom. The second kappa shape index (κ2) is 4.80. The molecule has 1 rings (SSSR count). The summed E-state index contributed by atoms with van der Waals surface area (Å²) in [6.45, 7) is 5.85. The second-order valence-corrected chi connectivity index (χ2v) is 3.44. The van der Waals surface area contributed by atoms with E-state index < -0.39 is 0 Å². The number of hydrogen-bond acceptors (Lipinski definition) is 0. The third kappa shape index (κ3) is 3.88. The van der Waals surface area contributed by atoms with Crippen LogP contribution in [0, 0.1) is 5.82 Å². The third-order valence-corrected chi connectivity index (χ3v) is 1.96. The van der Waals surface area contributed by atoms with Crippen LogP contribution in [0.2, 0.25) is 0 Å². The van der Waals surface area contributed by atoms with E-state index in [1.807, 2.05) is 13.0 Å². The summed E-state index contributed by atoms with van der Waals surface area (Å²) in [5, 5.41) is 0. The Morgan fingerprint density at radius 1 is 1.46 bits per heavy atom. The smallest absolute Gasteiger partial charge is 0.123 e. The average Bonchev–Trinajstić information content (AvgIpc) is 2.03. The van der Waals surface area contributed by atoms with Crippen LogP contribution < -0.4 is 0 Å². The van der Waals surface area contributed by atoms with Crippen LogP contribution in [0.5, 0.6) is 0 Å². The summed E-state index contributed by atoms with van der Waals surface area (Å²) in [4.78, 5) is 0. The maximum atomic E-state index is 12.7. The van der Waals surface area contributed by atoms with Gasteiger partial charge in [0.05, 0.1) is 0 Å². The van der Waals surface area contributed by atoms with Gasteiger partial charge in [0.2, 0.25) is 0 Å². The summed E-state index contributed by atoms with van der Waals surface area (Å²) in [5.41, 5.74) is 2.26. The van der Waals surface area contributed by atoms with Crippen LogP contribution >= 0.6 is 0 Å². The lowest BCUT2D eigenvalue weighted by Crippen LogP contribution is -1.87. The van der Waals surface area contributed by atoms with Gasteiger partial charge in [0.25, 0.3) is 0 Å². The van der Waals surface area contributed by atoms with Crippen molar-refractivity contribution in [1.82, 2.24) is 0 Å². The van der Waals surface area contributed by atoms with Crippen LogP contribution in [0.4, 0.5) is 4.39 Å². The normalized spacial score (nSPS) is 10.0. The summed E-state index contributed by atoms with van der Waals surface area (Å²) in [6, 6.07) is 6.79. The molecule has 0 aromatic heterocycles. The SMILES string of the molecule is C=C(C)CCCc1cccc(F)c1. The van der Waals surface area contributed by atoms with E-state index in [0.29, 0.717) is 0 Å². The minimum absolute atomic E-state index is 0.146. The quantitative estimate of drug-likeness (QED) is 0.616. The predicted molar refractivity (Wildman–Crippen MR) is 54.2 cm³/mol. The Balaban J connectivity index is 2.41. The highest BCUT2D eigenvalue weighted by Gasteiger charge is 1.95. The number of benzene rings is 1. The Morgan fingerprint density at radius 3 is 2.85 bits per heavy atom. The first kappa shape index (κ1) is 9.97. The molecule has 0 saturated carbocycles. The molecule has 0 unspecified atom stereocenters. The van der Waals surface area contributed by atoms with Crippen molar-refractivity contribution in [2.45, 2.75) is 26.2 Å².